The molecule has 1 aromatic heterocycles. The van der Waals surface area contributed by atoms with Gasteiger partial charge in [0.2, 0.25) is 0 Å². The van der Waals surface area contributed by atoms with Gasteiger partial charge in [-0.2, -0.15) is 0 Å². The first-order valence-corrected chi connectivity index (χ1v) is 4.55. The van der Waals surface area contributed by atoms with Crippen molar-refractivity contribution in [3.8, 4) is 17.0 Å². The number of nitrogens with zero attached hydrogens (tertiary/aromatic N) is 1. The van der Waals surface area contributed by atoms with Crippen molar-refractivity contribution in [1.82, 2.24) is 4.98 Å². The molecule has 0 aliphatic rings. The van der Waals surface area contributed by atoms with Gasteiger partial charge in [0, 0.05) is 17.8 Å². The van der Waals surface area contributed by atoms with E-state index in [-0.39, 0.29) is 5.75 Å². The van der Waals surface area contributed by atoms with Crippen molar-refractivity contribution in [1.29, 1.82) is 0 Å². The first-order valence-electron chi connectivity index (χ1n) is 4.17. The summed E-state index contributed by atoms with van der Waals surface area (Å²) in [6.07, 6.45) is 1.52. The number of hydrogen-bond acceptors (Lipinski definition) is 2. The van der Waals surface area contributed by atoms with Crippen molar-refractivity contribution in [3.05, 3.63) is 47.6 Å². The van der Waals surface area contributed by atoms with E-state index in [9.17, 15) is 5.11 Å². The predicted octanol–water partition coefficient (Wildman–Crippen LogP) is 3.11. The smallest absolute Gasteiger partial charge is 0.143 e. The maximum absolute atomic E-state index is 9.60. The van der Waals surface area contributed by atoms with Gasteiger partial charge in [0.15, 0.2) is 0 Å². The van der Waals surface area contributed by atoms with Crippen LogP contribution in [0.1, 0.15) is 0 Å². The zero-order valence-electron chi connectivity index (χ0n) is 7.31. The second-order valence-electron chi connectivity index (χ2n) is 2.89. The molecule has 2 aromatic rings. The molecule has 0 aliphatic heterocycles. The maximum atomic E-state index is 9.60. The molecule has 0 radical (unpaired) electrons. The zero-order chi connectivity index (χ0) is 9.97. The Bertz CT molecular complexity index is 442. The third-order valence-corrected chi connectivity index (χ3v) is 2.09. The van der Waals surface area contributed by atoms with Crippen LogP contribution >= 0.6 is 11.6 Å². The molecular formula is C11H8ClNO. The summed E-state index contributed by atoms with van der Waals surface area (Å²) in [6.45, 7) is 0. The molecule has 0 amide bonds. The topological polar surface area (TPSA) is 33.1 Å². The number of rotatable bonds is 1. The predicted molar refractivity (Wildman–Crippen MR) is 56.3 cm³/mol. The minimum atomic E-state index is 0.101. The van der Waals surface area contributed by atoms with Gasteiger partial charge < -0.3 is 5.11 Å². The maximum Gasteiger partial charge on any atom is 0.143 e. The van der Waals surface area contributed by atoms with Gasteiger partial charge in [0.25, 0.3) is 0 Å². The molecule has 1 heterocycles. The van der Waals surface area contributed by atoms with E-state index >= 15 is 0 Å². The van der Waals surface area contributed by atoms with Gasteiger partial charge >= 0.3 is 0 Å². The monoisotopic (exact) mass is 205 g/mol. The molecule has 0 saturated heterocycles. The fraction of sp³-hybridized carbons (Fsp3) is 0. The number of pyridine rings is 1. The fourth-order valence-corrected chi connectivity index (χ4v) is 1.40. The summed E-state index contributed by atoms with van der Waals surface area (Å²) in [5.41, 5.74) is 1.43. The van der Waals surface area contributed by atoms with Crippen LogP contribution in [0.25, 0.3) is 11.3 Å². The summed E-state index contributed by atoms with van der Waals surface area (Å²) in [7, 11) is 0. The van der Waals surface area contributed by atoms with Crippen LogP contribution in [0.3, 0.4) is 0 Å². The Morgan fingerprint density at radius 3 is 2.50 bits per heavy atom. The largest absolute Gasteiger partial charge is 0.506 e. The fourth-order valence-electron chi connectivity index (χ4n) is 1.25. The van der Waals surface area contributed by atoms with E-state index in [1.165, 1.54) is 12.3 Å². The van der Waals surface area contributed by atoms with Crippen molar-refractivity contribution in [2.75, 3.05) is 0 Å². The van der Waals surface area contributed by atoms with Gasteiger partial charge in [-0.05, 0) is 0 Å². The Labute approximate surface area is 86.8 Å². The Morgan fingerprint density at radius 2 is 1.86 bits per heavy atom. The van der Waals surface area contributed by atoms with Gasteiger partial charge in [-0.25, -0.2) is 0 Å². The van der Waals surface area contributed by atoms with Crippen molar-refractivity contribution < 1.29 is 5.11 Å². The van der Waals surface area contributed by atoms with Crippen LogP contribution in [0.15, 0.2) is 42.6 Å². The Morgan fingerprint density at radius 1 is 1.14 bits per heavy atom. The number of hydrogen-bond donors (Lipinski definition) is 1. The normalized spacial score (nSPS) is 10.1. The van der Waals surface area contributed by atoms with Crippen LogP contribution in [-0.4, -0.2) is 10.1 Å². The molecule has 1 N–H and O–H groups in total. The molecule has 0 aliphatic carbocycles. The second kappa shape index (κ2) is 3.68. The molecule has 2 nitrogen and oxygen atoms in total. The molecule has 0 unspecified atom stereocenters. The van der Waals surface area contributed by atoms with Crippen molar-refractivity contribution in [3.63, 3.8) is 0 Å². The van der Waals surface area contributed by atoms with E-state index in [0.29, 0.717) is 10.7 Å². The quantitative estimate of drug-likeness (QED) is 0.776. The molecule has 70 valence electrons. The standard InChI is InChI=1S/C11H8ClNO/c12-9-6-10(14)11(13-7-9)8-4-2-1-3-5-8/h1-7,14H. The van der Waals surface area contributed by atoms with E-state index in [2.05, 4.69) is 4.98 Å². The average molecular weight is 206 g/mol. The molecular weight excluding hydrogens is 198 g/mol. The molecule has 0 spiro atoms. The highest BCUT2D eigenvalue weighted by molar-refractivity contribution is 6.30. The number of aromatic nitrogens is 1. The third kappa shape index (κ3) is 1.70. The highest BCUT2D eigenvalue weighted by Crippen LogP contribution is 2.28. The van der Waals surface area contributed by atoms with Crippen molar-refractivity contribution in [2.24, 2.45) is 0 Å². The highest BCUT2D eigenvalue weighted by atomic mass is 35.5. The third-order valence-electron chi connectivity index (χ3n) is 1.88. The number of benzene rings is 1. The number of halogens is 1. The Balaban J connectivity index is 2.53. The van der Waals surface area contributed by atoms with E-state index in [4.69, 9.17) is 11.6 Å². The van der Waals surface area contributed by atoms with Crippen LogP contribution in [0.4, 0.5) is 0 Å². The van der Waals surface area contributed by atoms with E-state index in [1.54, 1.807) is 0 Å². The summed E-state index contributed by atoms with van der Waals surface area (Å²) < 4.78 is 0. The van der Waals surface area contributed by atoms with Gasteiger partial charge in [0.1, 0.15) is 11.4 Å². The van der Waals surface area contributed by atoms with Gasteiger partial charge in [-0.3, -0.25) is 4.98 Å². The van der Waals surface area contributed by atoms with Crippen LogP contribution in [-0.2, 0) is 0 Å². The van der Waals surface area contributed by atoms with Crippen LogP contribution in [0, 0.1) is 0 Å². The molecule has 0 atom stereocenters. The Kier molecular flexibility index (Phi) is 2.37. The molecule has 14 heavy (non-hydrogen) atoms. The molecule has 0 saturated carbocycles. The lowest BCUT2D eigenvalue weighted by molar-refractivity contribution is 0.475. The summed E-state index contributed by atoms with van der Waals surface area (Å²) in [5, 5.41) is 10.0. The first-order chi connectivity index (χ1) is 6.77. The SMILES string of the molecule is Oc1cc(Cl)cnc1-c1ccccc1. The molecule has 0 bridgehead atoms. The lowest BCUT2D eigenvalue weighted by Gasteiger charge is -2.02. The molecule has 3 heteroatoms. The van der Waals surface area contributed by atoms with Gasteiger partial charge in [-0.15, -0.1) is 0 Å². The minimum Gasteiger partial charge on any atom is -0.506 e. The minimum absolute atomic E-state index is 0.101. The zero-order valence-corrected chi connectivity index (χ0v) is 8.07. The summed E-state index contributed by atoms with van der Waals surface area (Å²) >= 11 is 5.68. The first kappa shape index (κ1) is 9.03. The summed E-state index contributed by atoms with van der Waals surface area (Å²) in [5.74, 6) is 0.101. The van der Waals surface area contributed by atoms with Crippen molar-refractivity contribution >= 4 is 11.6 Å². The van der Waals surface area contributed by atoms with Crippen molar-refractivity contribution in [2.45, 2.75) is 0 Å². The Hall–Kier alpha value is -1.54. The van der Waals surface area contributed by atoms with E-state index in [1.807, 2.05) is 30.3 Å². The average Bonchev–Trinajstić information content (AvgIpc) is 2.19. The molecule has 0 fully saturated rings. The van der Waals surface area contributed by atoms with Crippen LogP contribution in [0.5, 0.6) is 5.75 Å². The van der Waals surface area contributed by atoms with E-state index in [0.717, 1.165) is 5.56 Å². The molecule has 1 aromatic carbocycles. The van der Waals surface area contributed by atoms with Gasteiger partial charge in [0.05, 0.1) is 5.02 Å². The van der Waals surface area contributed by atoms with Gasteiger partial charge in [-0.1, -0.05) is 41.9 Å². The lowest BCUT2D eigenvalue weighted by atomic mass is 10.1. The highest BCUT2D eigenvalue weighted by Gasteiger charge is 2.05. The second-order valence-corrected chi connectivity index (χ2v) is 3.32. The summed E-state index contributed by atoms with van der Waals surface area (Å²) in [6, 6.07) is 11.0. The number of aromatic hydroxyl groups is 1. The lowest BCUT2D eigenvalue weighted by Crippen LogP contribution is -1.83. The van der Waals surface area contributed by atoms with E-state index < -0.39 is 0 Å². The van der Waals surface area contributed by atoms with Crippen LogP contribution < -0.4 is 0 Å². The molecule has 2 rings (SSSR count). The van der Waals surface area contributed by atoms with Crippen LogP contribution in [0.2, 0.25) is 5.02 Å². The summed E-state index contributed by atoms with van der Waals surface area (Å²) in [4.78, 5) is 4.07.